The van der Waals surface area contributed by atoms with E-state index in [9.17, 15) is 0 Å². The summed E-state index contributed by atoms with van der Waals surface area (Å²) in [6.07, 6.45) is 1.80. The molecule has 1 aromatic heterocycles. The summed E-state index contributed by atoms with van der Waals surface area (Å²) >= 11 is 0. The predicted octanol–water partition coefficient (Wildman–Crippen LogP) is 1.14. The minimum Gasteiger partial charge on any atom is -0.395 e. The van der Waals surface area contributed by atoms with Gasteiger partial charge in [0.05, 0.1) is 6.61 Å². The largest absolute Gasteiger partial charge is 0.395 e. The highest BCUT2D eigenvalue weighted by molar-refractivity contribution is 5.52. The normalized spacial score (nSPS) is 10.4. The summed E-state index contributed by atoms with van der Waals surface area (Å²) in [6.45, 7) is 9.45. The first kappa shape index (κ1) is 13.7. The van der Waals surface area contributed by atoms with Crippen LogP contribution < -0.4 is 10.6 Å². The van der Waals surface area contributed by atoms with Crippen LogP contribution in [-0.4, -0.2) is 29.8 Å². The van der Waals surface area contributed by atoms with E-state index in [4.69, 9.17) is 10.8 Å². The number of nitrogens with two attached hydrogens (primary N) is 1. The summed E-state index contributed by atoms with van der Waals surface area (Å²) in [5.41, 5.74) is 8.91. The third kappa shape index (κ3) is 3.28. The van der Waals surface area contributed by atoms with Crippen molar-refractivity contribution in [1.29, 1.82) is 0 Å². The predicted molar refractivity (Wildman–Crippen MR) is 71.1 cm³/mol. The zero-order chi connectivity index (χ0) is 12.8. The Kier molecular flexibility index (Phi) is 5.12. The van der Waals surface area contributed by atoms with E-state index < -0.39 is 0 Å². The maximum absolute atomic E-state index is 9.09. The molecule has 1 rings (SSSR count). The van der Waals surface area contributed by atoms with E-state index in [0.29, 0.717) is 19.6 Å². The topological polar surface area (TPSA) is 62.4 Å². The van der Waals surface area contributed by atoms with E-state index in [1.54, 1.807) is 6.08 Å². The number of aromatic nitrogens is 1. The van der Waals surface area contributed by atoms with Crippen molar-refractivity contribution in [2.75, 3.05) is 24.6 Å². The van der Waals surface area contributed by atoms with E-state index >= 15 is 0 Å². The van der Waals surface area contributed by atoms with Crippen molar-refractivity contribution in [2.45, 2.75) is 20.4 Å². The molecule has 4 nitrogen and oxygen atoms in total. The molecule has 1 heterocycles. The van der Waals surface area contributed by atoms with Crippen LogP contribution in [0.1, 0.15) is 16.8 Å². The van der Waals surface area contributed by atoms with Crippen molar-refractivity contribution in [3.8, 4) is 0 Å². The molecule has 0 amide bonds. The van der Waals surface area contributed by atoms with E-state index in [1.807, 2.05) is 24.8 Å². The Hall–Kier alpha value is -1.39. The van der Waals surface area contributed by atoms with E-state index in [1.165, 1.54) is 0 Å². The number of nitrogens with zero attached hydrogens (tertiary/aromatic N) is 2. The lowest BCUT2D eigenvalue weighted by molar-refractivity contribution is 0.302. The van der Waals surface area contributed by atoms with Gasteiger partial charge in [0, 0.05) is 30.9 Å². The molecule has 3 N–H and O–H groups in total. The molecule has 0 fully saturated rings. The van der Waals surface area contributed by atoms with Crippen LogP contribution in [0.4, 0.5) is 5.82 Å². The highest BCUT2D eigenvalue weighted by Gasteiger charge is 2.13. The smallest absolute Gasteiger partial charge is 0.133 e. The Bertz CT molecular complexity index is 390. The van der Waals surface area contributed by atoms with Gasteiger partial charge in [-0.25, -0.2) is 4.98 Å². The first-order valence-electron chi connectivity index (χ1n) is 5.78. The van der Waals surface area contributed by atoms with Crippen molar-refractivity contribution in [2.24, 2.45) is 5.73 Å². The number of aliphatic hydroxyl groups is 1. The molecule has 0 aliphatic heterocycles. The van der Waals surface area contributed by atoms with Gasteiger partial charge in [0.2, 0.25) is 0 Å². The van der Waals surface area contributed by atoms with Gasteiger partial charge in [-0.15, -0.1) is 6.58 Å². The fourth-order valence-corrected chi connectivity index (χ4v) is 1.92. The molecule has 0 saturated heterocycles. The number of pyridine rings is 1. The molecule has 0 atom stereocenters. The summed E-state index contributed by atoms with van der Waals surface area (Å²) in [7, 11) is 0. The summed E-state index contributed by atoms with van der Waals surface area (Å²) in [6, 6.07) is 2.02. The zero-order valence-electron chi connectivity index (χ0n) is 10.6. The van der Waals surface area contributed by atoms with Gasteiger partial charge in [0.1, 0.15) is 5.82 Å². The average molecular weight is 235 g/mol. The van der Waals surface area contributed by atoms with Crippen molar-refractivity contribution >= 4 is 5.82 Å². The van der Waals surface area contributed by atoms with Gasteiger partial charge < -0.3 is 15.7 Å². The summed E-state index contributed by atoms with van der Waals surface area (Å²) in [4.78, 5) is 6.52. The highest BCUT2D eigenvalue weighted by Crippen LogP contribution is 2.22. The second kappa shape index (κ2) is 6.37. The minimum absolute atomic E-state index is 0.0898. The molecule has 17 heavy (non-hydrogen) atoms. The quantitative estimate of drug-likeness (QED) is 0.726. The van der Waals surface area contributed by atoms with Crippen molar-refractivity contribution in [1.82, 2.24) is 4.98 Å². The Morgan fingerprint density at radius 1 is 1.53 bits per heavy atom. The monoisotopic (exact) mass is 235 g/mol. The number of rotatable bonds is 6. The molecule has 0 aromatic carbocycles. The van der Waals surface area contributed by atoms with Gasteiger partial charge in [-0.1, -0.05) is 6.08 Å². The first-order chi connectivity index (χ1) is 8.13. The molecular formula is C13H21N3O. The van der Waals surface area contributed by atoms with Gasteiger partial charge in [-0.2, -0.15) is 0 Å². The van der Waals surface area contributed by atoms with E-state index in [2.05, 4.69) is 11.6 Å². The third-order valence-electron chi connectivity index (χ3n) is 2.68. The maximum Gasteiger partial charge on any atom is 0.133 e. The Balaban J connectivity index is 3.19. The van der Waals surface area contributed by atoms with Crippen LogP contribution in [-0.2, 0) is 6.54 Å². The van der Waals surface area contributed by atoms with Gasteiger partial charge in [-0.05, 0) is 25.5 Å². The number of aryl methyl sites for hydroxylation is 2. The molecule has 0 aliphatic carbocycles. The van der Waals surface area contributed by atoms with Crippen LogP contribution in [0.25, 0.3) is 0 Å². The molecule has 4 heteroatoms. The van der Waals surface area contributed by atoms with E-state index in [0.717, 1.165) is 22.6 Å². The molecule has 0 bridgehead atoms. The maximum atomic E-state index is 9.09. The Morgan fingerprint density at radius 2 is 2.24 bits per heavy atom. The van der Waals surface area contributed by atoms with Crippen LogP contribution >= 0.6 is 0 Å². The van der Waals surface area contributed by atoms with Gasteiger partial charge in [0.15, 0.2) is 0 Å². The molecule has 0 radical (unpaired) electrons. The lowest BCUT2D eigenvalue weighted by Gasteiger charge is -2.25. The van der Waals surface area contributed by atoms with Crippen molar-refractivity contribution < 1.29 is 5.11 Å². The first-order valence-corrected chi connectivity index (χ1v) is 5.78. The fourth-order valence-electron chi connectivity index (χ4n) is 1.92. The summed E-state index contributed by atoms with van der Waals surface area (Å²) < 4.78 is 0. The Labute approximate surface area is 103 Å². The van der Waals surface area contributed by atoms with Crippen LogP contribution in [0.3, 0.4) is 0 Å². The summed E-state index contributed by atoms with van der Waals surface area (Å²) in [5, 5.41) is 9.09. The van der Waals surface area contributed by atoms with Gasteiger partial charge in [-0.3, -0.25) is 0 Å². The zero-order valence-corrected chi connectivity index (χ0v) is 10.6. The number of hydrogen-bond donors (Lipinski definition) is 2. The van der Waals surface area contributed by atoms with Gasteiger partial charge >= 0.3 is 0 Å². The molecular weight excluding hydrogens is 214 g/mol. The number of hydrogen-bond acceptors (Lipinski definition) is 4. The number of anilines is 1. The molecule has 0 aliphatic rings. The van der Waals surface area contributed by atoms with Crippen LogP contribution in [0.15, 0.2) is 18.7 Å². The second-order valence-electron chi connectivity index (χ2n) is 4.05. The van der Waals surface area contributed by atoms with Crippen molar-refractivity contribution in [3.05, 3.63) is 35.5 Å². The van der Waals surface area contributed by atoms with Crippen molar-refractivity contribution in [3.63, 3.8) is 0 Å². The Morgan fingerprint density at radius 3 is 2.76 bits per heavy atom. The summed E-state index contributed by atoms with van der Waals surface area (Å²) in [5.74, 6) is 0.860. The highest BCUT2D eigenvalue weighted by atomic mass is 16.3. The standard InChI is InChI=1S/C13H21N3O/c1-4-5-16(6-7-17)13-12(9-14)10(2)8-11(3)15-13/h4,8,17H,1,5-7,9,14H2,2-3H3. The molecule has 0 saturated carbocycles. The molecule has 94 valence electrons. The minimum atomic E-state index is 0.0898. The van der Waals surface area contributed by atoms with Gasteiger partial charge in [0.25, 0.3) is 0 Å². The SMILES string of the molecule is C=CCN(CCO)c1nc(C)cc(C)c1CN. The molecule has 0 unspecified atom stereocenters. The molecule has 0 spiro atoms. The average Bonchev–Trinajstić information content (AvgIpc) is 2.28. The van der Waals surface area contributed by atoms with Crippen LogP contribution in [0.5, 0.6) is 0 Å². The lowest BCUT2D eigenvalue weighted by atomic mass is 10.1. The third-order valence-corrected chi connectivity index (χ3v) is 2.68. The number of aliphatic hydroxyl groups excluding tert-OH is 1. The van der Waals surface area contributed by atoms with E-state index in [-0.39, 0.29) is 6.61 Å². The van der Waals surface area contributed by atoms with Crippen LogP contribution in [0.2, 0.25) is 0 Å². The lowest BCUT2D eigenvalue weighted by Crippen LogP contribution is -2.29. The second-order valence-corrected chi connectivity index (χ2v) is 4.05. The fraction of sp³-hybridized carbons (Fsp3) is 0.462. The molecule has 1 aromatic rings. The van der Waals surface area contributed by atoms with Crippen LogP contribution in [0, 0.1) is 13.8 Å².